The monoisotopic (exact) mass is 240 g/mol. The van der Waals surface area contributed by atoms with Crippen molar-refractivity contribution < 1.29 is 9.09 Å². The van der Waals surface area contributed by atoms with Crippen molar-refractivity contribution in [1.82, 2.24) is 0 Å². The quantitative estimate of drug-likeness (QED) is 0.427. The second-order valence-corrected chi connectivity index (χ2v) is 7.30. The Kier molecular flexibility index (Phi) is 9.06. The molecule has 0 saturated carbocycles. The average Bonchev–Trinajstić information content (AvgIpc) is 2.08. The van der Waals surface area contributed by atoms with Crippen LogP contribution in [0.1, 0.15) is 51.9 Å². The van der Waals surface area contributed by atoms with E-state index in [1.54, 1.807) is 0 Å². The van der Waals surface area contributed by atoms with Crippen LogP contribution in [0.25, 0.3) is 0 Å². The first-order chi connectivity index (χ1) is 6.56. The number of rotatable bonds is 9. The fourth-order valence-corrected chi connectivity index (χ4v) is 1.95. The van der Waals surface area contributed by atoms with Gasteiger partial charge in [-0.15, -0.1) is 0 Å². The molecule has 0 heterocycles. The molecule has 0 spiro atoms. The smallest absolute Gasteiger partial charge is 0.287 e. The molecule has 1 atom stereocenters. The molecule has 0 bridgehead atoms. The van der Waals surface area contributed by atoms with Crippen LogP contribution in [-0.4, -0.2) is 13.3 Å². The molecule has 86 valence electrons. The second-order valence-electron chi connectivity index (χ2n) is 3.70. The van der Waals surface area contributed by atoms with Crippen LogP contribution in [-0.2, 0) is 9.09 Å². The van der Waals surface area contributed by atoms with Gasteiger partial charge in [-0.2, -0.15) is 0 Å². The van der Waals surface area contributed by atoms with Crippen LogP contribution in [0, 0.1) is 0 Å². The SMILES string of the molecule is CCCCCCCCCOP(C)(=O)Cl. The molecule has 0 aromatic carbocycles. The second kappa shape index (κ2) is 8.76. The van der Waals surface area contributed by atoms with Crippen LogP contribution in [0.15, 0.2) is 0 Å². The van der Waals surface area contributed by atoms with Crippen LogP contribution in [0.2, 0.25) is 0 Å². The van der Waals surface area contributed by atoms with Crippen molar-refractivity contribution in [2.45, 2.75) is 51.9 Å². The highest BCUT2D eigenvalue weighted by atomic mass is 35.7. The molecule has 0 fully saturated rings. The fraction of sp³-hybridized carbons (Fsp3) is 1.00. The summed E-state index contributed by atoms with van der Waals surface area (Å²) >= 11 is 5.45. The van der Waals surface area contributed by atoms with Gasteiger partial charge in [0.15, 0.2) is 0 Å². The number of unbranched alkanes of at least 4 members (excludes halogenated alkanes) is 6. The Morgan fingerprint density at radius 1 is 1.07 bits per heavy atom. The van der Waals surface area contributed by atoms with E-state index in [2.05, 4.69) is 6.92 Å². The van der Waals surface area contributed by atoms with Gasteiger partial charge in [0.2, 0.25) is 0 Å². The van der Waals surface area contributed by atoms with Crippen molar-refractivity contribution in [2.75, 3.05) is 13.3 Å². The van der Waals surface area contributed by atoms with Crippen molar-refractivity contribution in [3.8, 4) is 0 Å². The largest absolute Gasteiger partial charge is 0.318 e. The summed E-state index contributed by atoms with van der Waals surface area (Å²) in [5, 5.41) is 0. The Morgan fingerprint density at radius 3 is 2.07 bits per heavy atom. The Hall–Kier alpha value is 0.480. The minimum atomic E-state index is -2.76. The summed E-state index contributed by atoms with van der Waals surface area (Å²) in [6.45, 7) is 1.43. The zero-order chi connectivity index (χ0) is 10.9. The maximum Gasteiger partial charge on any atom is 0.287 e. The molecule has 1 unspecified atom stereocenters. The van der Waals surface area contributed by atoms with Gasteiger partial charge in [-0.25, -0.2) is 0 Å². The third kappa shape index (κ3) is 12.5. The molecule has 4 heteroatoms. The van der Waals surface area contributed by atoms with Crippen LogP contribution < -0.4 is 0 Å². The molecule has 0 aromatic heterocycles. The van der Waals surface area contributed by atoms with Gasteiger partial charge in [0.25, 0.3) is 6.72 Å². The first-order valence-electron chi connectivity index (χ1n) is 5.48. The molecule has 0 radical (unpaired) electrons. The van der Waals surface area contributed by atoms with E-state index < -0.39 is 6.72 Å². The first kappa shape index (κ1) is 14.5. The van der Waals surface area contributed by atoms with Crippen LogP contribution in [0.3, 0.4) is 0 Å². The number of hydrogen-bond acceptors (Lipinski definition) is 2. The van der Waals surface area contributed by atoms with E-state index in [0.29, 0.717) is 6.61 Å². The molecule has 0 saturated heterocycles. The first-order valence-corrected chi connectivity index (χ1v) is 8.45. The number of halogens is 1. The van der Waals surface area contributed by atoms with Crippen molar-refractivity contribution in [3.05, 3.63) is 0 Å². The fourth-order valence-electron chi connectivity index (χ4n) is 1.29. The lowest BCUT2D eigenvalue weighted by molar-refractivity contribution is 0.314. The average molecular weight is 241 g/mol. The third-order valence-corrected chi connectivity index (χ3v) is 3.01. The van der Waals surface area contributed by atoms with Crippen molar-refractivity contribution in [3.63, 3.8) is 0 Å². The lowest BCUT2D eigenvalue weighted by atomic mass is 10.1. The van der Waals surface area contributed by atoms with Gasteiger partial charge in [-0.05, 0) is 17.7 Å². The molecule has 0 aliphatic rings. The summed E-state index contributed by atoms with van der Waals surface area (Å²) in [5.41, 5.74) is 0. The van der Waals surface area contributed by atoms with Crippen LogP contribution in [0.5, 0.6) is 0 Å². The molecule has 0 N–H and O–H groups in total. The van der Waals surface area contributed by atoms with Gasteiger partial charge >= 0.3 is 0 Å². The Balaban J connectivity index is 3.03. The van der Waals surface area contributed by atoms with Crippen molar-refractivity contribution in [1.29, 1.82) is 0 Å². The molecule has 0 aliphatic heterocycles. The predicted molar refractivity (Wildman–Crippen MR) is 63.3 cm³/mol. The van der Waals surface area contributed by atoms with E-state index in [0.717, 1.165) is 12.8 Å². The third-order valence-electron chi connectivity index (χ3n) is 2.07. The van der Waals surface area contributed by atoms with E-state index in [-0.39, 0.29) is 0 Å². The summed E-state index contributed by atoms with van der Waals surface area (Å²) < 4.78 is 15.9. The molecule has 14 heavy (non-hydrogen) atoms. The summed E-state index contributed by atoms with van der Waals surface area (Å²) in [7, 11) is 0. The standard InChI is InChI=1S/C10H22ClO2P/c1-3-4-5-6-7-8-9-10-13-14(2,11)12/h3-10H2,1-2H3. The normalized spacial score (nSPS) is 15.4. The summed E-state index contributed by atoms with van der Waals surface area (Å²) in [4.78, 5) is 0. The van der Waals surface area contributed by atoms with E-state index in [1.165, 1.54) is 38.8 Å². The Bertz CT molecular complexity index is 168. The van der Waals surface area contributed by atoms with Gasteiger partial charge in [-0.3, -0.25) is 4.57 Å². The maximum absolute atomic E-state index is 10.9. The van der Waals surface area contributed by atoms with Crippen molar-refractivity contribution >= 4 is 18.0 Å². The van der Waals surface area contributed by atoms with Gasteiger partial charge in [0.1, 0.15) is 0 Å². The zero-order valence-electron chi connectivity index (χ0n) is 9.30. The molecule has 0 aliphatic carbocycles. The minimum absolute atomic E-state index is 0.533. The highest BCUT2D eigenvalue weighted by Crippen LogP contribution is 2.48. The van der Waals surface area contributed by atoms with Crippen LogP contribution >= 0.6 is 18.0 Å². The summed E-state index contributed by atoms with van der Waals surface area (Å²) in [6, 6.07) is 0. The predicted octanol–water partition coefficient (Wildman–Crippen LogP) is 4.82. The summed E-state index contributed by atoms with van der Waals surface area (Å²) in [5.74, 6) is 0. The van der Waals surface area contributed by atoms with Gasteiger partial charge in [0.05, 0.1) is 6.61 Å². The number of hydrogen-bond donors (Lipinski definition) is 0. The highest BCUT2D eigenvalue weighted by molar-refractivity contribution is 7.84. The molecular formula is C10H22ClO2P. The van der Waals surface area contributed by atoms with Gasteiger partial charge in [-0.1, -0.05) is 45.4 Å². The molecule has 0 rings (SSSR count). The topological polar surface area (TPSA) is 26.3 Å². The molecule has 2 nitrogen and oxygen atoms in total. The molecule has 0 amide bonds. The lowest BCUT2D eigenvalue weighted by Gasteiger charge is -2.05. The van der Waals surface area contributed by atoms with Crippen molar-refractivity contribution in [2.24, 2.45) is 0 Å². The van der Waals surface area contributed by atoms with Crippen LogP contribution in [0.4, 0.5) is 0 Å². The maximum atomic E-state index is 10.9. The Labute approximate surface area is 92.6 Å². The van der Waals surface area contributed by atoms with E-state index in [4.69, 9.17) is 15.8 Å². The highest BCUT2D eigenvalue weighted by Gasteiger charge is 2.08. The minimum Gasteiger partial charge on any atom is -0.318 e. The van der Waals surface area contributed by atoms with E-state index in [9.17, 15) is 4.57 Å². The van der Waals surface area contributed by atoms with E-state index in [1.807, 2.05) is 0 Å². The molecule has 0 aromatic rings. The van der Waals surface area contributed by atoms with Gasteiger partial charge < -0.3 is 4.52 Å². The zero-order valence-corrected chi connectivity index (χ0v) is 10.9. The lowest BCUT2D eigenvalue weighted by Crippen LogP contribution is -1.89. The van der Waals surface area contributed by atoms with E-state index >= 15 is 0 Å². The Morgan fingerprint density at radius 2 is 1.57 bits per heavy atom. The van der Waals surface area contributed by atoms with Gasteiger partial charge in [0, 0.05) is 6.66 Å². The molecular weight excluding hydrogens is 219 g/mol. The summed E-state index contributed by atoms with van der Waals surface area (Å²) in [6.07, 6.45) is 8.63.